The van der Waals surface area contributed by atoms with E-state index in [0.29, 0.717) is 30.3 Å². The molecule has 0 atom stereocenters. The highest BCUT2D eigenvalue weighted by Crippen LogP contribution is 2.19. The lowest BCUT2D eigenvalue weighted by Gasteiger charge is -2.25. The van der Waals surface area contributed by atoms with Crippen molar-refractivity contribution in [1.29, 1.82) is 0 Å². The van der Waals surface area contributed by atoms with Crippen LogP contribution in [-0.2, 0) is 13.1 Å². The summed E-state index contributed by atoms with van der Waals surface area (Å²) in [5.74, 6) is 0.158. The largest absolute Gasteiger partial charge is 0.439 e. The molecule has 0 radical (unpaired) electrons. The molecule has 0 unspecified atom stereocenters. The van der Waals surface area contributed by atoms with Gasteiger partial charge in [-0.1, -0.05) is 24.3 Å². The van der Waals surface area contributed by atoms with Crippen molar-refractivity contribution in [1.82, 2.24) is 20.1 Å². The number of rotatable bonds is 9. The zero-order chi connectivity index (χ0) is 22.9. The zero-order valence-corrected chi connectivity index (χ0v) is 18.1. The topological polar surface area (TPSA) is 57.7 Å². The Morgan fingerprint density at radius 3 is 2.41 bits per heavy atom. The van der Waals surface area contributed by atoms with Gasteiger partial charge in [-0.15, -0.1) is 0 Å². The maximum atomic E-state index is 14.1. The number of carbonyl (C=O) groups excluding carboxylic acids is 1. The van der Waals surface area contributed by atoms with Gasteiger partial charge in [-0.3, -0.25) is 0 Å². The van der Waals surface area contributed by atoms with E-state index in [9.17, 15) is 13.6 Å². The van der Waals surface area contributed by atoms with Gasteiger partial charge in [0.1, 0.15) is 17.4 Å². The van der Waals surface area contributed by atoms with Gasteiger partial charge in [0.25, 0.3) is 0 Å². The number of aromatic nitrogens is 1. The highest BCUT2D eigenvalue weighted by atomic mass is 19.1. The number of amides is 2. The second-order valence-electron chi connectivity index (χ2n) is 7.54. The summed E-state index contributed by atoms with van der Waals surface area (Å²) in [4.78, 5) is 20.5. The van der Waals surface area contributed by atoms with Gasteiger partial charge in [0.05, 0.1) is 6.54 Å². The van der Waals surface area contributed by atoms with Crippen molar-refractivity contribution in [3.05, 3.63) is 89.6 Å². The van der Waals surface area contributed by atoms with Crippen LogP contribution in [0.3, 0.4) is 0 Å². The summed E-state index contributed by atoms with van der Waals surface area (Å²) in [7, 11) is 3.83. The molecule has 1 N–H and O–H groups in total. The van der Waals surface area contributed by atoms with E-state index in [1.165, 1.54) is 30.3 Å². The highest BCUT2D eigenvalue weighted by molar-refractivity contribution is 5.74. The van der Waals surface area contributed by atoms with Crippen molar-refractivity contribution >= 4 is 6.03 Å². The van der Waals surface area contributed by atoms with Crippen LogP contribution in [0.1, 0.15) is 11.1 Å². The number of urea groups is 1. The number of nitrogens with one attached hydrogen (secondary N) is 1. The highest BCUT2D eigenvalue weighted by Gasteiger charge is 2.16. The van der Waals surface area contributed by atoms with Crippen LogP contribution < -0.4 is 10.1 Å². The van der Waals surface area contributed by atoms with Crippen molar-refractivity contribution in [2.45, 2.75) is 13.1 Å². The quantitative estimate of drug-likeness (QED) is 0.535. The third-order valence-electron chi connectivity index (χ3n) is 4.70. The van der Waals surface area contributed by atoms with Gasteiger partial charge >= 0.3 is 6.03 Å². The van der Waals surface area contributed by atoms with Crippen LogP contribution in [0.25, 0.3) is 0 Å². The van der Waals surface area contributed by atoms with Crippen LogP contribution >= 0.6 is 0 Å². The molecule has 0 saturated carbocycles. The number of carbonyl (C=O) groups is 1. The molecule has 3 aromatic rings. The lowest BCUT2D eigenvalue weighted by molar-refractivity contribution is 0.187. The van der Waals surface area contributed by atoms with Gasteiger partial charge in [-0.2, -0.15) is 0 Å². The third kappa shape index (κ3) is 7.02. The fraction of sp³-hybridized carbons (Fsp3) is 0.250. The molecule has 0 saturated heterocycles. The van der Waals surface area contributed by atoms with E-state index >= 15 is 0 Å². The summed E-state index contributed by atoms with van der Waals surface area (Å²) in [6, 6.07) is 15.3. The Hall–Kier alpha value is -3.52. The minimum Gasteiger partial charge on any atom is -0.439 e. The van der Waals surface area contributed by atoms with Crippen LogP contribution in [0, 0.1) is 11.6 Å². The van der Waals surface area contributed by atoms with Gasteiger partial charge < -0.3 is 19.9 Å². The lowest BCUT2D eigenvalue weighted by Crippen LogP contribution is -2.42. The monoisotopic (exact) mass is 440 g/mol. The van der Waals surface area contributed by atoms with Gasteiger partial charge in [0, 0.05) is 37.5 Å². The molecule has 0 aliphatic rings. The molecule has 0 bridgehead atoms. The maximum Gasteiger partial charge on any atom is 0.318 e. The normalized spacial score (nSPS) is 10.8. The molecular formula is C24H26F2N4O2. The SMILES string of the molecule is CN(C)CCN(Cc1ccccc1F)C(=O)NCc1ccc(Oc2ccc(F)cc2)nc1. The molecule has 0 fully saturated rings. The Labute approximate surface area is 186 Å². The Bertz CT molecular complexity index is 1010. The van der Waals surface area contributed by atoms with Crippen molar-refractivity contribution in [2.24, 2.45) is 0 Å². The van der Waals surface area contributed by atoms with Gasteiger partial charge in [-0.05, 0) is 50.0 Å². The first-order valence-electron chi connectivity index (χ1n) is 10.2. The number of pyridine rings is 1. The fourth-order valence-corrected chi connectivity index (χ4v) is 2.89. The standard InChI is InChI=1S/C24H26F2N4O2/c1-29(2)13-14-30(17-19-5-3-4-6-22(19)26)24(31)28-16-18-7-12-23(27-15-18)32-21-10-8-20(25)9-11-21/h3-12,15H,13-14,16-17H2,1-2H3,(H,28,31). The second-order valence-corrected chi connectivity index (χ2v) is 7.54. The number of halogens is 2. The molecule has 2 aromatic carbocycles. The Kier molecular flexibility index (Phi) is 8.10. The van der Waals surface area contributed by atoms with E-state index in [2.05, 4.69) is 10.3 Å². The van der Waals surface area contributed by atoms with Crippen LogP contribution in [0.5, 0.6) is 11.6 Å². The molecule has 2 amide bonds. The molecule has 168 valence electrons. The molecule has 3 rings (SSSR count). The van der Waals surface area contributed by atoms with Crippen molar-refractivity contribution < 1.29 is 18.3 Å². The zero-order valence-electron chi connectivity index (χ0n) is 18.1. The summed E-state index contributed by atoms with van der Waals surface area (Å²) in [5.41, 5.74) is 1.24. The minimum absolute atomic E-state index is 0.176. The molecule has 0 aliphatic carbocycles. The number of benzene rings is 2. The molecule has 1 aromatic heterocycles. The Balaban J connectivity index is 1.58. The summed E-state index contributed by atoms with van der Waals surface area (Å²) in [6.45, 7) is 1.54. The molecule has 0 aliphatic heterocycles. The van der Waals surface area contributed by atoms with Crippen molar-refractivity contribution in [2.75, 3.05) is 27.2 Å². The average Bonchev–Trinajstić information content (AvgIpc) is 2.78. The van der Waals surface area contributed by atoms with Gasteiger partial charge in [0.2, 0.25) is 5.88 Å². The lowest BCUT2D eigenvalue weighted by atomic mass is 10.2. The summed E-state index contributed by atoms with van der Waals surface area (Å²) in [5, 5.41) is 2.86. The van der Waals surface area contributed by atoms with E-state index in [0.717, 1.165) is 5.56 Å². The van der Waals surface area contributed by atoms with E-state index < -0.39 is 0 Å². The molecule has 32 heavy (non-hydrogen) atoms. The average molecular weight is 440 g/mol. The van der Waals surface area contributed by atoms with Crippen LogP contribution in [0.15, 0.2) is 66.9 Å². The first-order chi connectivity index (χ1) is 15.4. The van der Waals surface area contributed by atoms with E-state index in [1.807, 2.05) is 19.0 Å². The fourth-order valence-electron chi connectivity index (χ4n) is 2.89. The molecule has 1 heterocycles. The summed E-state index contributed by atoms with van der Waals surface area (Å²) in [6.07, 6.45) is 1.60. The summed E-state index contributed by atoms with van der Waals surface area (Å²) >= 11 is 0. The molecule has 0 spiro atoms. The molecule has 6 nitrogen and oxygen atoms in total. The number of hydrogen-bond acceptors (Lipinski definition) is 4. The number of nitrogens with zero attached hydrogens (tertiary/aromatic N) is 3. The van der Waals surface area contributed by atoms with Gasteiger partial charge in [-0.25, -0.2) is 18.6 Å². The smallest absolute Gasteiger partial charge is 0.318 e. The maximum absolute atomic E-state index is 14.1. The predicted molar refractivity (Wildman–Crippen MR) is 118 cm³/mol. The summed E-state index contributed by atoms with van der Waals surface area (Å²) < 4.78 is 32.6. The van der Waals surface area contributed by atoms with E-state index in [-0.39, 0.29) is 30.8 Å². The first kappa shape index (κ1) is 23.1. The first-order valence-corrected chi connectivity index (χ1v) is 10.2. The molecule has 8 heteroatoms. The Morgan fingerprint density at radius 1 is 1.00 bits per heavy atom. The number of likely N-dealkylation sites (N-methyl/N-ethyl adjacent to an activating group) is 1. The number of hydrogen-bond donors (Lipinski definition) is 1. The Morgan fingerprint density at radius 2 is 1.75 bits per heavy atom. The van der Waals surface area contributed by atoms with Crippen molar-refractivity contribution in [3.63, 3.8) is 0 Å². The van der Waals surface area contributed by atoms with Gasteiger partial charge in [0.15, 0.2) is 0 Å². The number of ether oxygens (including phenoxy) is 1. The predicted octanol–water partition coefficient (Wildman–Crippen LogP) is 4.43. The van der Waals surface area contributed by atoms with Crippen LogP contribution in [0.4, 0.5) is 13.6 Å². The third-order valence-corrected chi connectivity index (χ3v) is 4.70. The van der Waals surface area contributed by atoms with Crippen LogP contribution in [0.2, 0.25) is 0 Å². The minimum atomic E-state index is -0.342. The second kappa shape index (κ2) is 11.2. The molecular weight excluding hydrogens is 414 g/mol. The van der Waals surface area contributed by atoms with Crippen molar-refractivity contribution in [3.8, 4) is 11.6 Å². The van der Waals surface area contributed by atoms with E-state index in [1.54, 1.807) is 41.4 Å². The van der Waals surface area contributed by atoms with Crippen LogP contribution in [-0.4, -0.2) is 48.0 Å². The van der Waals surface area contributed by atoms with E-state index in [4.69, 9.17) is 4.74 Å².